The first kappa shape index (κ1) is 16.2. The summed E-state index contributed by atoms with van der Waals surface area (Å²) in [7, 11) is 0. The van der Waals surface area contributed by atoms with Crippen molar-refractivity contribution in [3.63, 3.8) is 0 Å². The van der Waals surface area contributed by atoms with Crippen molar-refractivity contribution in [1.82, 2.24) is 4.90 Å². The van der Waals surface area contributed by atoms with E-state index < -0.39 is 0 Å². The summed E-state index contributed by atoms with van der Waals surface area (Å²) in [4.78, 5) is 3.86. The van der Waals surface area contributed by atoms with E-state index in [1.165, 1.54) is 5.56 Å². The SMILES string of the molecule is S=C(Nc1ccc(Cl)cc1)N1CC[NH+](Cc2ccccc2)CC1. The van der Waals surface area contributed by atoms with E-state index in [1.807, 2.05) is 24.3 Å². The van der Waals surface area contributed by atoms with Crippen molar-refractivity contribution in [2.75, 3.05) is 31.5 Å². The van der Waals surface area contributed by atoms with Gasteiger partial charge in [0.1, 0.15) is 6.54 Å². The normalized spacial score (nSPS) is 15.4. The number of halogens is 1. The van der Waals surface area contributed by atoms with E-state index in [1.54, 1.807) is 4.90 Å². The van der Waals surface area contributed by atoms with Crippen LogP contribution in [0.15, 0.2) is 54.6 Å². The van der Waals surface area contributed by atoms with Crippen molar-refractivity contribution >= 4 is 34.6 Å². The number of nitrogens with zero attached hydrogens (tertiary/aromatic N) is 1. The minimum absolute atomic E-state index is 0.736. The van der Waals surface area contributed by atoms with Gasteiger partial charge in [0, 0.05) is 16.3 Å². The summed E-state index contributed by atoms with van der Waals surface area (Å²) in [6, 6.07) is 18.3. The molecule has 0 aromatic heterocycles. The average Bonchev–Trinajstić information content (AvgIpc) is 2.58. The smallest absolute Gasteiger partial charge is 0.173 e. The second-order valence-electron chi connectivity index (χ2n) is 5.84. The molecule has 1 aliphatic rings. The molecule has 3 rings (SSSR count). The maximum Gasteiger partial charge on any atom is 0.173 e. The lowest BCUT2D eigenvalue weighted by atomic mass is 10.2. The van der Waals surface area contributed by atoms with Gasteiger partial charge in [0.05, 0.1) is 26.2 Å². The summed E-state index contributed by atoms with van der Waals surface area (Å²) in [6.07, 6.45) is 0. The monoisotopic (exact) mass is 346 g/mol. The third-order valence-corrected chi connectivity index (χ3v) is 4.76. The first-order valence-corrected chi connectivity index (χ1v) is 8.68. The van der Waals surface area contributed by atoms with Crippen LogP contribution in [0.3, 0.4) is 0 Å². The zero-order chi connectivity index (χ0) is 16.1. The van der Waals surface area contributed by atoms with E-state index in [0.717, 1.165) is 48.5 Å². The van der Waals surface area contributed by atoms with Crippen LogP contribution in [0.4, 0.5) is 5.69 Å². The number of piperazine rings is 1. The Hall–Kier alpha value is -1.62. The van der Waals surface area contributed by atoms with Crippen molar-refractivity contribution in [1.29, 1.82) is 0 Å². The summed E-state index contributed by atoms with van der Waals surface area (Å²) in [5, 5.41) is 4.83. The standard InChI is InChI=1S/C18H20ClN3S/c19-16-6-8-17(9-7-16)20-18(23)22-12-10-21(11-13-22)14-15-4-2-1-3-5-15/h1-9H,10-14H2,(H,20,23)/p+1. The van der Waals surface area contributed by atoms with E-state index in [-0.39, 0.29) is 0 Å². The van der Waals surface area contributed by atoms with Crippen LogP contribution in [0.5, 0.6) is 0 Å². The molecule has 1 aliphatic heterocycles. The number of anilines is 1. The predicted octanol–water partition coefficient (Wildman–Crippen LogP) is 2.44. The van der Waals surface area contributed by atoms with Crippen LogP contribution in [-0.4, -0.2) is 36.2 Å². The highest BCUT2D eigenvalue weighted by Crippen LogP contribution is 2.14. The van der Waals surface area contributed by atoms with Gasteiger partial charge >= 0.3 is 0 Å². The molecule has 0 bridgehead atoms. The molecule has 0 spiro atoms. The van der Waals surface area contributed by atoms with Gasteiger partial charge in [0.15, 0.2) is 5.11 Å². The Bertz CT molecular complexity index is 637. The van der Waals surface area contributed by atoms with Crippen LogP contribution in [0.25, 0.3) is 0 Å². The maximum absolute atomic E-state index is 5.91. The summed E-state index contributed by atoms with van der Waals surface area (Å²) >= 11 is 11.4. The molecular weight excluding hydrogens is 326 g/mol. The molecule has 0 unspecified atom stereocenters. The third-order valence-electron chi connectivity index (χ3n) is 4.15. The summed E-state index contributed by atoms with van der Waals surface area (Å²) in [5.41, 5.74) is 2.39. The molecule has 0 atom stereocenters. The number of hydrogen-bond acceptors (Lipinski definition) is 1. The van der Waals surface area contributed by atoms with Gasteiger partial charge in [-0.2, -0.15) is 0 Å². The quantitative estimate of drug-likeness (QED) is 0.833. The zero-order valence-electron chi connectivity index (χ0n) is 13.0. The second-order valence-corrected chi connectivity index (χ2v) is 6.66. The fourth-order valence-corrected chi connectivity index (χ4v) is 3.25. The van der Waals surface area contributed by atoms with Crippen LogP contribution in [-0.2, 0) is 6.54 Å². The minimum atomic E-state index is 0.736. The Morgan fingerprint density at radius 3 is 2.35 bits per heavy atom. The lowest BCUT2D eigenvalue weighted by Gasteiger charge is -2.33. The van der Waals surface area contributed by atoms with Crippen LogP contribution >= 0.6 is 23.8 Å². The summed E-state index contributed by atoms with van der Waals surface area (Å²) in [5.74, 6) is 0. The fraction of sp³-hybridized carbons (Fsp3) is 0.278. The molecule has 2 aromatic carbocycles. The van der Waals surface area contributed by atoms with Gasteiger partial charge in [-0.15, -0.1) is 0 Å². The molecule has 0 radical (unpaired) electrons. The molecule has 2 aromatic rings. The number of benzene rings is 2. The van der Waals surface area contributed by atoms with Gasteiger partial charge in [0.25, 0.3) is 0 Å². The van der Waals surface area contributed by atoms with Gasteiger partial charge < -0.3 is 15.1 Å². The predicted molar refractivity (Wildman–Crippen MR) is 100 cm³/mol. The molecule has 3 nitrogen and oxygen atoms in total. The van der Waals surface area contributed by atoms with Crippen molar-refractivity contribution in [2.45, 2.75) is 6.54 Å². The zero-order valence-corrected chi connectivity index (χ0v) is 14.5. The van der Waals surface area contributed by atoms with E-state index in [2.05, 4.69) is 40.5 Å². The Labute approximate surface area is 147 Å². The lowest BCUT2D eigenvalue weighted by Crippen LogP contribution is -3.13. The van der Waals surface area contributed by atoms with E-state index in [9.17, 15) is 0 Å². The Balaban J connectivity index is 1.48. The Morgan fingerprint density at radius 1 is 1.04 bits per heavy atom. The van der Waals surface area contributed by atoms with E-state index >= 15 is 0 Å². The Morgan fingerprint density at radius 2 is 1.70 bits per heavy atom. The molecule has 5 heteroatoms. The highest BCUT2D eigenvalue weighted by molar-refractivity contribution is 7.80. The first-order chi connectivity index (χ1) is 11.2. The van der Waals surface area contributed by atoms with Crippen LogP contribution in [0, 0.1) is 0 Å². The number of quaternary nitrogens is 1. The highest BCUT2D eigenvalue weighted by atomic mass is 35.5. The number of rotatable bonds is 3. The molecule has 0 saturated carbocycles. The third kappa shape index (κ3) is 4.67. The Kier molecular flexibility index (Phi) is 5.49. The van der Waals surface area contributed by atoms with Gasteiger partial charge in [-0.3, -0.25) is 0 Å². The van der Waals surface area contributed by atoms with Gasteiger partial charge in [-0.05, 0) is 36.5 Å². The molecular formula is C18H21ClN3S+. The molecule has 1 heterocycles. The van der Waals surface area contributed by atoms with E-state index in [4.69, 9.17) is 23.8 Å². The van der Waals surface area contributed by atoms with Crippen molar-refractivity contribution in [3.05, 3.63) is 65.2 Å². The molecule has 23 heavy (non-hydrogen) atoms. The first-order valence-electron chi connectivity index (χ1n) is 7.90. The van der Waals surface area contributed by atoms with Crippen molar-refractivity contribution in [2.24, 2.45) is 0 Å². The number of thiocarbonyl (C=S) groups is 1. The average molecular weight is 347 g/mol. The summed E-state index contributed by atoms with van der Waals surface area (Å²) in [6.45, 7) is 5.28. The second kappa shape index (κ2) is 7.77. The highest BCUT2D eigenvalue weighted by Gasteiger charge is 2.21. The molecule has 0 amide bonds. The van der Waals surface area contributed by atoms with Crippen LogP contribution in [0.1, 0.15) is 5.56 Å². The van der Waals surface area contributed by atoms with Gasteiger partial charge in [-0.25, -0.2) is 0 Å². The largest absolute Gasteiger partial charge is 0.338 e. The van der Waals surface area contributed by atoms with Gasteiger partial charge in [-0.1, -0.05) is 41.9 Å². The molecule has 1 fully saturated rings. The molecule has 1 saturated heterocycles. The van der Waals surface area contributed by atoms with Crippen LogP contribution < -0.4 is 10.2 Å². The van der Waals surface area contributed by atoms with E-state index in [0.29, 0.717) is 0 Å². The lowest BCUT2D eigenvalue weighted by molar-refractivity contribution is -0.917. The number of nitrogens with one attached hydrogen (secondary N) is 2. The topological polar surface area (TPSA) is 19.7 Å². The fourth-order valence-electron chi connectivity index (χ4n) is 2.82. The van der Waals surface area contributed by atoms with Crippen molar-refractivity contribution < 1.29 is 4.90 Å². The molecule has 0 aliphatic carbocycles. The summed E-state index contributed by atoms with van der Waals surface area (Å²) < 4.78 is 0. The van der Waals surface area contributed by atoms with Gasteiger partial charge in [0.2, 0.25) is 0 Å². The van der Waals surface area contributed by atoms with Crippen LogP contribution in [0.2, 0.25) is 5.02 Å². The molecule has 120 valence electrons. The van der Waals surface area contributed by atoms with Crippen molar-refractivity contribution in [3.8, 4) is 0 Å². The number of hydrogen-bond donors (Lipinski definition) is 2. The molecule has 2 N–H and O–H groups in total. The minimum Gasteiger partial charge on any atom is -0.338 e. The maximum atomic E-state index is 5.91.